The summed E-state index contributed by atoms with van der Waals surface area (Å²) < 4.78 is 0. The third-order valence-corrected chi connectivity index (χ3v) is 2.92. The van der Waals surface area contributed by atoms with E-state index in [-0.39, 0.29) is 19.0 Å². The van der Waals surface area contributed by atoms with Crippen LogP contribution >= 0.6 is 0 Å². The fraction of sp³-hybridized carbons (Fsp3) is 0.214. The zero-order chi connectivity index (χ0) is 15.2. The summed E-state index contributed by atoms with van der Waals surface area (Å²) in [6, 6.07) is 8.79. The lowest BCUT2D eigenvalue weighted by Gasteiger charge is -2.09. The number of hydrogen-bond acceptors (Lipinski definition) is 4. The molecule has 0 atom stereocenters. The second-order valence-electron chi connectivity index (χ2n) is 4.37. The number of benzene rings is 1. The van der Waals surface area contributed by atoms with Gasteiger partial charge in [-0.3, -0.25) is 4.79 Å². The van der Waals surface area contributed by atoms with E-state index in [9.17, 15) is 9.59 Å². The van der Waals surface area contributed by atoms with E-state index in [4.69, 9.17) is 5.73 Å². The summed E-state index contributed by atoms with van der Waals surface area (Å²) in [6.45, 7) is 0.554. The second kappa shape index (κ2) is 6.56. The molecule has 0 bridgehead atoms. The van der Waals surface area contributed by atoms with E-state index < -0.39 is 6.03 Å². The van der Waals surface area contributed by atoms with Crippen LogP contribution in [-0.4, -0.2) is 37.1 Å². The van der Waals surface area contributed by atoms with Gasteiger partial charge in [-0.15, -0.1) is 0 Å². The molecule has 7 heteroatoms. The molecule has 0 radical (unpaired) electrons. The van der Waals surface area contributed by atoms with Crippen LogP contribution in [0.3, 0.4) is 0 Å². The molecule has 5 N–H and O–H groups in total. The van der Waals surface area contributed by atoms with Gasteiger partial charge in [0.05, 0.1) is 0 Å². The molecule has 7 nitrogen and oxygen atoms in total. The molecule has 0 spiro atoms. The Hall–Kier alpha value is -2.83. The number of urea groups is 1. The molecule has 0 saturated carbocycles. The van der Waals surface area contributed by atoms with Crippen LogP contribution in [-0.2, 0) is 0 Å². The minimum absolute atomic E-state index is 0.271. The summed E-state index contributed by atoms with van der Waals surface area (Å²) in [6.07, 6.45) is 0. The molecule has 0 aliphatic rings. The van der Waals surface area contributed by atoms with Crippen molar-refractivity contribution in [2.24, 2.45) is 5.73 Å². The van der Waals surface area contributed by atoms with Crippen LogP contribution < -0.4 is 21.7 Å². The molecule has 0 aliphatic carbocycles. The van der Waals surface area contributed by atoms with Gasteiger partial charge in [-0.1, -0.05) is 24.3 Å². The zero-order valence-corrected chi connectivity index (χ0v) is 11.6. The Morgan fingerprint density at radius 3 is 2.62 bits per heavy atom. The summed E-state index contributed by atoms with van der Waals surface area (Å²) in [5.74, 6) is 0.344. The second-order valence-corrected chi connectivity index (χ2v) is 4.37. The first-order chi connectivity index (χ1) is 10.1. The SMILES string of the molecule is CNc1nc(C(=O)NCCNC(N)=O)cc2ccccc12. The molecular weight excluding hydrogens is 270 g/mol. The van der Waals surface area contributed by atoms with E-state index in [0.717, 1.165) is 10.8 Å². The number of nitrogens with zero attached hydrogens (tertiary/aromatic N) is 1. The number of carbonyl (C=O) groups excluding carboxylic acids is 2. The quantitative estimate of drug-likeness (QED) is 0.606. The van der Waals surface area contributed by atoms with Crippen LogP contribution in [0.4, 0.5) is 10.6 Å². The van der Waals surface area contributed by atoms with Gasteiger partial charge in [0.1, 0.15) is 11.5 Å². The lowest BCUT2D eigenvalue weighted by molar-refractivity contribution is 0.0949. The molecule has 0 aliphatic heterocycles. The van der Waals surface area contributed by atoms with Gasteiger partial charge in [0.25, 0.3) is 5.91 Å². The topological polar surface area (TPSA) is 109 Å². The van der Waals surface area contributed by atoms with Crippen molar-refractivity contribution in [1.29, 1.82) is 0 Å². The van der Waals surface area contributed by atoms with Gasteiger partial charge in [-0.25, -0.2) is 9.78 Å². The average molecular weight is 287 g/mol. The van der Waals surface area contributed by atoms with Gasteiger partial charge in [-0.05, 0) is 11.5 Å². The van der Waals surface area contributed by atoms with Crippen LogP contribution in [0.5, 0.6) is 0 Å². The van der Waals surface area contributed by atoms with Gasteiger partial charge >= 0.3 is 6.03 Å². The molecule has 21 heavy (non-hydrogen) atoms. The highest BCUT2D eigenvalue weighted by Gasteiger charge is 2.11. The highest BCUT2D eigenvalue weighted by Crippen LogP contribution is 2.21. The number of fused-ring (bicyclic) bond motifs is 1. The Morgan fingerprint density at radius 1 is 1.19 bits per heavy atom. The largest absolute Gasteiger partial charge is 0.373 e. The highest BCUT2D eigenvalue weighted by atomic mass is 16.2. The molecule has 3 amide bonds. The number of hydrogen-bond donors (Lipinski definition) is 4. The third kappa shape index (κ3) is 3.59. The summed E-state index contributed by atoms with van der Waals surface area (Å²) in [5.41, 5.74) is 5.25. The maximum absolute atomic E-state index is 12.1. The monoisotopic (exact) mass is 287 g/mol. The lowest BCUT2D eigenvalue weighted by atomic mass is 10.1. The van der Waals surface area contributed by atoms with E-state index in [1.807, 2.05) is 24.3 Å². The predicted molar refractivity (Wildman–Crippen MR) is 81.2 cm³/mol. The van der Waals surface area contributed by atoms with Crippen molar-refractivity contribution in [3.63, 3.8) is 0 Å². The number of nitrogens with one attached hydrogen (secondary N) is 3. The number of anilines is 1. The fourth-order valence-electron chi connectivity index (χ4n) is 1.96. The fourth-order valence-corrected chi connectivity index (χ4v) is 1.96. The normalized spacial score (nSPS) is 10.1. The van der Waals surface area contributed by atoms with Crippen LogP contribution in [0.1, 0.15) is 10.5 Å². The lowest BCUT2D eigenvalue weighted by Crippen LogP contribution is -2.37. The predicted octanol–water partition coefficient (Wildman–Crippen LogP) is 0.675. The van der Waals surface area contributed by atoms with Crippen LogP contribution in [0.2, 0.25) is 0 Å². The van der Waals surface area contributed by atoms with Crippen molar-refractivity contribution in [1.82, 2.24) is 15.6 Å². The molecule has 0 fully saturated rings. The van der Waals surface area contributed by atoms with E-state index in [0.29, 0.717) is 11.5 Å². The van der Waals surface area contributed by atoms with Crippen LogP contribution in [0.15, 0.2) is 30.3 Å². The molecule has 1 aromatic heterocycles. The standard InChI is InChI=1S/C14H17N5O2/c1-16-12-10-5-3-2-4-9(10)8-11(19-12)13(20)17-6-7-18-14(15)21/h2-5,8H,6-7H2,1H3,(H,16,19)(H,17,20)(H3,15,18,21). The molecule has 2 rings (SSSR count). The molecule has 0 saturated heterocycles. The van der Waals surface area contributed by atoms with Crippen molar-refractivity contribution < 1.29 is 9.59 Å². The molecule has 1 heterocycles. The maximum atomic E-state index is 12.1. The first-order valence-corrected chi connectivity index (χ1v) is 6.51. The number of amides is 3. The number of rotatable bonds is 5. The average Bonchev–Trinajstić information content (AvgIpc) is 2.50. The maximum Gasteiger partial charge on any atom is 0.312 e. The van der Waals surface area contributed by atoms with E-state index in [1.165, 1.54) is 0 Å². The van der Waals surface area contributed by atoms with Gasteiger partial charge in [0.2, 0.25) is 0 Å². The first kappa shape index (κ1) is 14.6. The summed E-state index contributed by atoms with van der Waals surface area (Å²) in [5, 5.41) is 9.93. The number of aromatic nitrogens is 1. The Kier molecular flexibility index (Phi) is 4.55. The Balaban J connectivity index is 2.14. The van der Waals surface area contributed by atoms with Crippen molar-refractivity contribution in [2.75, 3.05) is 25.5 Å². The van der Waals surface area contributed by atoms with Crippen molar-refractivity contribution in [3.05, 3.63) is 36.0 Å². The first-order valence-electron chi connectivity index (χ1n) is 6.51. The van der Waals surface area contributed by atoms with Crippen LogP contribution in [0, 0.1) is 0 Å². The zero-order valence-electron chi connectivity index (χ0n) is 11.6. The molecule has 0 unspecified atom stereocenters. The van der Waals surface area contributed by atoms with Gasteiger partial charge in [0.15, 0.2) is 0 Å². The minimum Gasteiger partial charge on any atom is -0.373 e. The van der Waals surface area contributed by atoms with Crippen molar-refractivity contribution in [3.8, 4) is 0 Å². The highest BCUT2D eigenvalue weighted by molar-refractivity contribution is 6.00. The molecular formula is C14H17N5O2. The minimum atomic E-state index is -0.620. The summed E-state index contributed by atoms with van der Waals surface area (Å²) >= 11 is 0. The number of pyridine rings is 1. The summed E-state index contributed by atoms with van der Waals surface area (Å²) in [7, 11) is 1.76. The van der Waals surface area contributed by atoms with E-state index in [1.54, 1.807) is 13.1 Å². The summed E-state index contributed by atoms with van der Waals surface area (Å²) in [4.78, 5) is 26.9. The van der Waals surface area contributed by atoms with Crippen LogP contribution in [0.25, 0.3) is 10.8 Å². The van der Waals surface area contributed by atoms with Crippen molar-refractivity contribution in [2.45, 2.75) is 0 Å². The van der Waals surface area contributed by atoms with E-state index in [2.05, 4.69) is 20.9 Å². The Labute approximate surface area is 121 Å². The smallest absolute Gasteiger partial charge is 0.312 e. The van der Waals surface area contributed by atoms with Gasteiger partial charge in [-0.2, -0.15) is 0 Å². The number of primary amides is 1. The van der Waals surface area contributed by atoms with Gasteiger partial charge < -0.3 is 21.7 Å². The van der Waals surface area contributed by atoms with E-state index >= 15 is 0 Å². The third-order valence-electron chi connectivity index (χ3n) is 2.92. The number of nitrogens with two attached hydrogens (primary N) is 1. The van der Waals surface area contributed by atoms with Gasteiger partial charge in [0, 0.05) is 25.5 Å². The van der Waals surface area contributed by atoms with Crippen molar-refractivity contribution >= 4 is 28.5 Å². The number of carbonyl (C=O) groups is 2. The Bertz CT molecular complexity index is 671. The molecule has 1 aromatic carbocycles. The molecule has 2 aromatic rings. The Morgan fingerprint density at radius 2 is 1.90 bits per heavy atom. The molecule has 110 valence electrons.